The number of hydrogen-bond acceptors (Lipinski definition) is 5. The minimum Gasteiger partial charge on any atom is -0.493 e. The normalized spacial score (nSPS) is 11.0. The monoisotopic (exact) mass is 568 g/mol. The molecule has 5 nitrogen and oxygen atoms in total. The fourth-order valence-corrected chi connectivity index (χ4v) is 4.52. The number of nitrogens with one attached hydrogen (secondary N) is 1. The fraction of sp³-hybridized carbons (Fsp3) is 0.111. The number of halogens is 2. The summed E-state index contributed by atoms with van der Waals surface area (Å²) in [4.78, 5) is 18.1. The Bertz CT molecular complexity index is 1350. The Morgan fingerprint density at radius 3 is 2.54 bits per heavy atom. The Hall–Kier alpha value is -3.13. The topological polar surface area (TPSA) is 60.5 Å². The van der Waals surface area contributed by atoms with Gasteiger partial charge in [-0.2, -0.15) is 0 Å². The lowest BCUT2D eigenvalue weighted by atomic mass is 10.1. The number of nitrogens with zero attached hydrogens (tertiary/aromatic N) is 1. The van der Waals surface area contributed by atoms with Crippen LogP contribution in [0, 0.1) is 6.92 Å². The van der Waals surface area contributed by atoms with Crippen LogP contribution in [0.15, 0.2) is 77.3 Å². The first-order chi connectivity index (χ1) is 16.9. The summed E-state index contributed by atoms with van der Waals surface area (Å²) in [7, 11) is 1.58. The maximum atomic E-state index is 12.5. The summed E-state index contributed by atoms with van der Waals surface area (Å²) in [6.45, 7) is 2.38. The zero-order valence-corrected chi connectivity index (χ0v) is 22.2. The summed E-state index contributed by atoms with van der Waals surface area (Å²) in [5.41, 5.74) is 3.67. The van der Waals surface area contributed by atoms with Crippen LogP contribution in [0.4, 0.5) is 5.13 Å². The van der Waals surface area contributed by atoms with E-state index in [-0.39, 0.29) is 5.91 Å². The standard InChI is InChI=1S/C27H22BrClN2O3S/c1-17-26(20-7-9-21(28)10-8-20)31-27(35-17)30-25(32)14-6-18-5-13-23(24(15-18)33-2)34-16-19-3-11-22(29)12-4-19/h3-15H,16H2,1-2H3,(H,30,31,32)/b14-6+. The van der Waals surface area contributed by atoms with Gasteiger partial charge in [-0.1, -0.05) is 57.9 Å². The minimum atomic E-state index is -0.261. The summed E-state index contributed by atoms with van der Waals surface area (Å²) in [6.07, 6.45) is 3.19. The van der Waals surface area contributed by atoms with E-state index >= 15 is 0 Å². The highest BCUT2D eigenvalue weighted by atomic mass is 79.9. The molecule has 0 unspecified atom stereocenters. The number of rotatable bonds is 8. The predicted octanol–water partition coefficient (Wildman–Crippen LogP) is 7.77. The second-order valence-electron chi connectivity index (χ2n) is 7.58. The van der Waals surface area contributed by atoms with Gasteiger partial charge in [-0.25, -0.2) is 4.98 Å². The van der Waals surface area contributed by atoms with Crippen LogP contribution in [0.5, 0.6) is 11.5 Å². The third-order valence-corrected chi connectivity index (χ3v) is 6.73. The zero-order valence-electron chi connectivity index (χ0n) is 19.0. The van der Waals surface area contributed by atoms with Crippen molar-refractivity contribution in [2.75, 3.05) is 12.4 Å². The Morgan fingerprint density at radius 2 is 1.83 bits per heavy atom. The first-order valence-corrected chi connectivity index (χ1v) is 12.7. The molecule has 178 valence electrons. The van der Waals surface area contributed by atoms with Crippen molar-refractivity contribution in [1.29, 1.82) is 0 Å². The zero-order chi connectivity index (χ0) is 24.8. The van der Waals surface area contributed by atoms with Crippen molar-refractivity contribution in [3.05, 3.63) is 98.3 Å². The lowest BCUT2D eigenvalue weighted by molar-refractivity contribution is -0.111. The summed E-state index contributed by atoms with van der Waals surface area (Å²) < 4.78 is 12.4. The Labute approximate surface area is 221 Å². The number of methoxy groups -OCH3 is 1. The van der Waals surface area contributed by atoms with E-state index in [4.69, 9.17) is 21.1 Å². The van der Waals surface area contributed by atoms with Gasteiger partial charge < -0.3 is 9.47 Å². The van der Waals surface area contributed by atoms with Gasteiger partial charge >= 0.3 is 0 Å². The largest absolute Gasteiger partial charge is 0.493 e. The molecule has 0 aliphatic heterocycles. The molecule has 0 aliphatic rings. The van der Waals surface area contributed by atoms with Gasteiger partial charge in [-0.05, 0) is 60.5 Å². The number of amides is 1. The van der Waals surface area contributed by atoms with Crippen LogP contribution in [-0.2, 0) is 11.4 Å². The maximum absolute atomic E-state index is 12.5. The lowest BCUT2D eigenvalue weighted by Gasteiger charge is -2.11. The second-order valence-corrected chi connectivity index (χ2v) is 10.1. The van der Waals surface area contributed by atoms with E-state index in [1.165, 1.54) is 17.4 Å². The number of hydrogen-bond donors (Lipinski definition) is 1. The minimum absolute atomic E-state index is 0.261. The van der Waals surface area contributed by atoms with Crippen molar-refractivity contribution in [2.45, 2.75) is 13.5 Å². The molecule has 1 amide bonds. The maximum Gasteiger partial charge on any atom is 0.250 e. The summed E-state index contributed by atoms with van der Waals surface area (Å²) in [5.74, 6) is 0.933. The highest BCUT2D eigenvalue weighted by Gasteiger charge is 2.11. The molecule has 0 spiro atoms. The van der Waals surface area contributed by atoms with E-state index < -0.39 is 0 Å². The van der Waals surface area contributed by atoms with Gasteiger partial charge in [0, 0.05) is 26.0 Å². The summed E-state index contributed by atoms with van der Waals surface area (Å²) in [6, 6.07) is 20.9. The number of aryl methyl sites for hydroxylation is 1. The summed E-state index contributed by atoms with van der Waals surface area (Å²) >= 11 is 10.8. The molecule has 0 saturated carbocycles. The van der Waals surface area contributed by atoms with E-state index in [0.717, 1.165) is 31.7 Å². The van der Waals surface area contributed by atoms with Crippen LogP contribution in [0.1, 0.15) is 16.0 Å². The van der Waals surface area contributed by atoms with Gasteiger partial charge in [-0.3, -0.25) is 10.1 Å². The number of carbonyl (C=O) groups is 1. The van der Waals surface area contributed by atoms with E-state index in [9.17, 15) is 4.79 Å². The van der Waals surface area contributed by atoms with Crippen LogP contribution in [0.25, 0.3) is 17.3 Å². The number of thiazole rings is 1. The number of benzene rings is 3. The molecular weight excluding hydrogens is 548 g/mol. The van der Waals surface area contributed by atoms with Crippen molar-refractivity contribution in [2.24, 2.45) is 0 Å². The van der Waals surface area contributed by atoms with Crippen LogP contribution >= 0.6 is 38.9 Å². The molecule has 3 aromatic carbocycles. The molecule has 35 heavy (non-hydrogen) atoms. The van der Waals surface area contributed by atoms with E-state index in [1.54, 1.807) is 13.2 Å². The molecule has 0 fully saturated rings. The SMILES string of the molecule is COc1cc(/C=C/C(=O)Nc2nc(-c3ccc(Br)cc3)c(C)s2)ccc1OCc1ccc(Cl)cc1. The highest BCUT2D eigenvalue weighted by molar-refractivity contribution is 9.10. The van der Waals surface area contributed by atoms with E-state index in [0.29, 0.717) is 28.3 Å². The molecule has 0 atom stereocenters. The number of anilines is 1. The van der Waals surface area contributed by atoms with Crippen LogP contribution in [0.2, 0.25) is 5.02 Å². The van der Waals surface area contributed by atoms with Gasteiger partial charge in [0.05, 0.1) is 12.8 Å². The highest BCUT2D eigenvalue weighted by Crippen LogP contribution is 2.32. The molecule has 1 aromatic heterocycles. The average molecular weight is 570 g/mol. The first-order valence-electron chi connectivity index (χ1n) is 10.7. The molecule has 1 heterocycles. The molecule has 0 saturated heterocycles. The van der Waals surface area contributed by atoms with E-state index in [1.807, 2.05) is 73.7 Å². The van der Waals surface area contributed by atoms with Crippen molar-refractivity contribution in [3.63, 3.8) is 0 Å². The second kappa shape index (κ2) is 11.5. The van der Waals surface area contributed by atoms with Crippen molar-refractivity contribution in [1.82, 2.24) is 4.98 Å². The predicted molar refractivity (Wildman–Crippen MR) is 146 cm³/mol. The Balaban J connectivity index is 1.39. The van der Waals surface area contributed by atoms with Gasteiger partial charge in [0.1, 0.15) is 6.61 Å². The molecule has 0 aliphatic carbocycles. The van der Waals surface area contributed by atoms with Crippen molar-refractivity contribution >= 4 is 56.0 Å². The van der Waals surface area contributed by atoms with Crippen LogP contribution < -0.4 is 14.8 Å². The van der Waals surface area contributed by atoms with Gasteiger partial charge in [0.2, 0.25) is 5.91 Å². The number of aromatic nitrogens is 1. The average Bonchev–Trinajstić information content (AvgIpc) is 3.22. The number of ether oxygens (including phenoxy) is 2. The Morgan fingerprint density at radius 1 is 1.09 bits per heavy atom. The van der Waals surface area contributed by atoms with Gasteiger partial charge in [-0.15, -0.1) is 11.3 Å². The van der Waals surface area contributed by atoms with Gasteiger partial charge in [0.25, 0.3) is 0 Å². The molecule has 1 N–H and O–H groups in total. The third-order valence-electron chi connectivity index (χ3n) is 5.07. The molecular formula is C27H22BrClN2O3S. The first kappa shape index (κ1) is 25.0. The van der Waals surface area contributed by atoms with Crippen LogP contribution in [0.3, 0.4) is 0 Å². The smallest absolute Gasteiger partial charge is 0.250 e. The molecule has 8 heteroatoms. The number of carbonyl (C=O) groups excluding carboxylic acids is 1. The Kier molecular flexibility index (Phi) is 8.23. The third kappa shape index (κ3) is 6.72. The molecule has 4 rings (SSSR count). The van der Waals surface area contributed by atoms with Crippen molar-refractivity contribution < 1.29 is 14.3 Å². The quantitative estimate of drug-likeness (QED) is 0.220. The molecule has 4 aromatic rings. The van der Waals surface area contributed by atoms with E-state index in [2.05, 4.69) is 26.2 Å². The molecule has 0 radical (unpaired) electrons. The van der Waals surface area contributed by atoms with Crippen LogP contribution in [-0.4, -0.2) is 18.0 Å². The lowest BCUT2D eigenvalue weighted by Crippen LogP contribution is -2.07. The summed E-state index contributed by atoms with van der Waals surface area (Å²) in [5, 5.41) is 4.08. The van der Waals surface area contributed by atoms with Crippen molar-refractivity contribution in [3.8, 4) is 22.8 Å². The van der Waals surface area contributed by atoms with Gasteiger partial charge in [0.15, 0.2) is 16.6 Å². The molecule has 0 bridgehead atoms. The fourth-order valence-electron chi connectivity index (χ4n) is 3.29.